The van der Waals surface area contributed by atoms with E-state index in [1.807, 2.05) is 43.3 Å². The van der Waals surface area contributed by atoms with E-state index < -0.39 is 6.09 Å². The fourth-order valence-corrected chi connectivity index (χ4v) is 1.87. The van der Waals surface area contributed by atoms with E-state index in [4.69, 9.17) is 10.5 Å². The first-order valence-corrected chi connectivity index (χ1v) is 6.59. The third-order valence-electron chi connectivity index (χ3n) is 2.80. The molecular formula is C16H18N2O2. The predicted molar refractivity (Wildman–Crippen MR) is 81.6 cm³/mol. The van der Waals surface area contributed by atoms with E-state index in [-0.39, 0.29) is 0 Å². The zero-order chi connectivity index (χ0) is 14.4. The van der Waals surface area contributed by atoms with Crippen LogP contribution in [0, 0.1) is 0 Å². The Morgan fingerprint density at radius 3 is 2.65 bits per heavy atom. The van der Waals surface area contributed by atoms with Crippen LogP contribution in [0.2, 0.25) is 0 Å². The summed E-state index contributed by atoms with van der Waals surface area (Å²) in [6, 6.07) is 15.1. The standard InChI is InChI=1S/C16H18N2O2/c1-2-10-20-16(19)18-15-9-8-13(17)11-14(15)12-6-4-3-5-7-12/h3-9,11H,2,10,17H2,1H3,(H,18,19). The van der Waals surface area contributed by atoms with E-state index in [1.54, 1.807) is 12.1 Å². The van der Waals surface area contributed by atoms with Crippen molar-refractivity contribution in [1.29, 1.82) is 0 Å². The number of anilines is 2. The monoisotopic (exact) mass is 270 g/mol. The Labute approximate surface area is 118 Å². The lowest BCUT2D eigenvalue weighted by Gasteiger charge is -2.12. The van der Waals surface area contributed by atoms with Crippen molar-refractivity contribution in [3.8, 4) is 11.1 Å². The second kappa shape index (κ2) is 6.61. The largest absolute Gasteiger partial charge is 0.449 e. The van der Waals surface area contributed by atoms with Crippen molar-refractivity contribution in [2.24, 2.45) is 0 Å². The van der Waals surface area contributed by atoms with Crippen LogP contribution in [-0.2, 0) is 4.74 Å². The van der Waals surface area contributed by atoms with Crippen LogP contribution in [0.4, 0.5) is 16.2 Å². The molecule has 0 aromatic heterocycles. The van der Waals surface area contributed by atoms with Gasteiger partial charge in [-0.2, -0.15) is 0 Å². The summed E-state index contributed by atoms with van der Waals surface area (Å²) in [6.07, 6.45) is 0.342. The Kier molecular flexibility index (Phi) is 4.60. The normalized spacial score (nSPS) is 10.1. The maximum atomic E-state index is 11.7. The maximum absolute atomic E-state index is 11.7. The van der Waals surface area contributed by atoms with Gasteiger partial charge in [0.25, 0.3) is 0 Å². The minimum absolute atomic E-state index is 0.404. The lowest BCUT2D eigenvalue weighted by atomic mass is 10.0. The van der Waals surface area contributed by atoms with E-state index in [0.717, 1.165) is 17.5 Å². The molecule has 2 rings (SSSR count). The molecule has 0 radical (unpaired) electrons. The Morgan fingerprint density at radius 1 is 1.20 bits per heavy atom. The van der Waals surface area contributed by atoms with Gasteiger partial charge in [-0.25, -0.2) is 4.79 Å². The number of hydrogen-bond donors (Lipinski definition) is 2. The summed E-state index contributed by atoms with van der Waals surface area (Å²) in [7, 11) is 0. The van der Waals surface area contributed by atoms with E-state index >= 15 is 0 Å². The van der Waals surface area contributed by atoms with Gasteiger partial charge in [-0.05, 0) is 30.2 Å². The number of benzene rings is 2. The summed E-state index contributed by atoms with van der Waals surface area (Å²) < 4.78 is 5.03. The first kappa shape index (κ1) is 13.9. The maximum Gasteiger partial charge on any atom is 0.411 e. The van der Waals surface area contributed by atoms with Crippen LogP contribution in [0.25, 0.3) is 11.1 Å². The molecule has 0 aliphatic heterocycles. The molecule has 104 valence electrons. The molecule has 0 bridgehead atoms. The van der Waals surface area contributed by atoms with Crippen LogP contribution >= 0.6 is 0 Å². The third kappa shape index (κ3) is 3.51. The van der Waals surface area contributed by atoms with E-state index in [1.165, 1.54) is 0 Å². The van der Waals surface area contributed by atoms with Gasteiger partial charge in [-0.3, -0.25) is 5.32 Å². The summed E-state index contributed by atoms with van der Waals surface area (Å²) in [6.45, 7) is 2.35. The number of nitrogens with one attached hydrogen (secondary N) is 1. The summed E-state index contributed by atoms with van der Waals surface area (Å²) in [5.74, 6) is 0. The SMILES string of the molecule is CCCOC(=O)Nc1ccc(N)cc1-c1ccccc1. The Morgan fingerprint density at radius 2 is 1.95 bits per heavy atom. The Balaban J connectivity index is 2.27. The average molecular weight is 270 g/mol. The van der Waals surface area contributed by atoms with Crippen molar-refractivity contribution in [2.75, 3.05) is 17.7 Å². The number of hydrogen-bond acceptors (Lipinski definition) is 3. The van der Waals surface area contributed by atoms with Crippen LogP contribution in [0.3, 0.4) is 0 Å². The second-order valence-electron chi connectivity index (χ2n) is 4.43. The van der Waals surface area contributed by atoms with Gasteiger partial charge in [0.2, 0.25) is 0 Å². The highest BCUT2D eigenvalue weighted by molar-refractivity contribution is 5.92. The van der Waals surface area contributed by atoms with Crippen molar-refractivity contribution >= 4 is 17.5 Å². The number of amides is 1. The molecule has 2 aromatic carbocycles. The molecule has 0 unspecified atom stereocenters. The van der Waals surface area contributed by atoms with Crippen LogP contribution in [0.1, 0.15) is 13.3 Å². The van der Waals surface area contributed by atoms with Gasteiger partial charge in [0.15, 0.2) is 0 Å². The van der Waals surface area contributed by atoms with Gasteiger partial charge in [0, 0.05) is 11.3 Å². The first-order chi connectivity index (χ1) is 9.70. The summed E-state index contributed by atoms with van der Waals surface area (Å²) in [5, 5.41) is 2.75. The molecular weight excluding hydrogens is 252 g/mol. The molecule has 0 heterocycles. The van der Waals surface area contributed by atoms with Gasteiger partial charge >= 0.3 is 6.09 Å². The molecule has 2 aromatic rings. The molecule has 0 saturated heterocycles. The molecule has 0 aliphatic carbocycles. The molecule has 0 fully saturated rings. The average Bonchev–Trinajstić information content (AvgIpc) is 2.48. The lowest BCUT2D eigenvalue weighted by molar-refractivity contribution is 0.161. The summed E-state index contributed by atoms with van der Waals surface area (Å²) in [5.41, 5.74) is 9.03. The highest BCUT2D eigenvalue weighted by Gasteiger charge is 2.09. The summed E-state index contributed by atoms with van der Waals surface area (Å²) in [4.78, 5) is 11.7. The van der Waals surface area contributed by atoms with E-state index in [0.29, 0.717) is 18.0 Å². The molecule has 0 aliphatic rings. The zero-order valence-electron chi connectivity index (χ0n) is 11.4. The van der Waals surface area contributed by atoms with E-state index in [9.17, 15) is 4.79 Å². The zero-order valence-corrected chi connectivity index (χ0v) is 11.4. The van der Waals surface area contributed by atoms with Crippen LogP contribution in [0.15, 0.2) is 48.5 Å². The lowest BCUT2D eigenvalue weighted by Crippen LogP contribution is -2.14. The molecule has 20 heavy (non-hydrogen) atoms. The molecule has 3 N–H and O–H groups in total. The highest BCUT2D eigenvalue weighted by atomic mass is 16.5. The molecule has 0 atom stereocenters. The summed E-state index contributed by atoms with van der Waals surface area (Å²) >= 11 is 0. The van der Waals surface area contributed by atoms with Gasteiger partial charge in [0.1, 0.15) is 0 Å². The fraction of sp³-hybridized carbons (Fsp3) is 0.188. The topological polar surface area (TPSA) is 64.3 Å². The Bertz CT molecular complexity index is 582. The van der Waals surface area contributed by atoms with Gasteiger partial charge in [-0.1, -0.05) is 37.3 Å². The van der Waals surface area contributed by atoms with Crippen molar-refractivity contribution in [3.05, 3.63) is 48.5 Å². The van der Waals surface area contributed by atoms with Crippen LogP contribution in [-0.4, -0.2) is 12.7 Å². The smallest absolute Gasteiger partial charge is 0.411 e. The number of carbonyl (C=O) groups excluding carboxylic acids is 1. The van der Waals surface area contributed by atoms with Crippen molar-refractivity contribution in [1.82, 2.24) is 0 Å². The number of nitrogen functional groups attached to an aromatic ring is 1. The fourth-order valence-electron chi connectivity index (χ4n) is 1.87. The molecule has 1 amide bonds. The quantitative estimate of drug-likeness (QED) is 0.828. The van der Waals surface area contributed by atoms with Gasteiger partial charge < -0.3 is 10.5 Å². The Hall–Kier alpha value is -2.49. The number of ether oxygens (including phenoxy) is 1. The van der Waals surface area contributed by atoms with Crippen LogP contribution < -0.4 is 11.1 Å². The molecule has 4 heteroatoms. The van der Waals surface area contributed by atoms with Gasteiger partial charge in [-0.15, -0.1) is 0 Å². The number of nitrogens with two attached hydrogens (primary N) is 1. The van der Waals surface area contributed by atoms with Crippen molar-refractivity contribution in [2.45, 2.75) is 13.3 Å². The number of rotatable bonds is 4. The second-order valence-corrected chi connectivity index (χ2v) is 4.43. The minimum Gasteiger partial charge on any atom is -0.449 e. The van der Waals surface area contributed by atoms with Crippen molar-refractivity contribution < 1.29 is 9.53 Å². The third-order valence-corrected chi connectivity index (χ3v) is 2.80. The highest BCUT2D eigenvalue weighted by Crippen LogP contribution is 2.30. The van der Waals surface area contributed by atoms with Crippen LogP contribution in [0.5, 0.6) is 0 Å². The number of carbonyl (C=O) groups is 1. The first-order valence-electron chi connectivity index (χ1n) is 6.59. The molecule has 4 nitrogen and oxygen atoms in total. The van der Waals surface area contributed by atoms with E-state index in [2.05, 4.69) is 5.32 Å². The van der Waals surface area contributed by atoms with Gasteiger partial charge in [0.05, 0.1) is 12.3 Å². The molecule has 0 spiro atoms. The predicted octanol–water partition coefficient (Wildman–Crippen LogP) is 3.89. The molecule has 0 saturated carbocycles. The van der Waals surface area contributed by atoms with Crippen molar-refractivity contribution in [3.63, 3.8) is 0 Å². The minimum atomic E-state index is -0.450.